The summed E-state index contributed by atoms with van der Waals surface area (Å²) in [7, 11) is 0. The lowest BCUT2D eigenvalue weighted by atomic mass is 9.96. The molecule has 8 heteroatoms. The molecule has 1 fully saturated rings. The van der Waals surface area contributed by atoms with Crippen LogP contribution in [0.1, 0.15) is 66.0 Å². The molecule has 1 saturated heterocycles. The van der Waals surface area contributed by atoms with Crippen molar-refractivity contribution in [2.45, 2.75) is 59.8 Å². The molecule has 3 rings (SSSR count). The minimum absolute atomic E-state index is 0.00911. The molecule has 2 aromatic rings. The number of hydrogen-bond donors (Lipinski definition) is 2. The number of piperidine rings is 1. The van der Waals surface area contributed by atoms with E-state index in [1.165, 1.54) is 0 Å². The number of aromatic amines is 1. The van der Waals surface area contributed by atoms with Crippen LogP contribution in [0.2, 0.25) is 0 Å². The molecular weight excluding hydrogens is 458 g/mol. The Balaban J connectivity index is 1.47. The van der Waals surface area contributed by atoms with Gasteiger partial charge < -0.3 is 24.7 Å². The highest BCUT2D eigenvalue weighted by Gasteiger charge is 2.28. The lowest BCUT2D eigenvalue weighted by Gasteiger charge is -2.32. The molecule has 1 atom stereocenters. The van der Waals surface area contributed by atoms with Gasteiger partial charge in [0.25, 0.3) is 0 Å². The molecule has 2 heterocycles. The van der Waals surface area contributed by atoms with Crippen LogP contribution in [0.3, 0.4) is 0 Å². The molecule has 0 saturated carbocycles. The number of carbonyl (C=O) groups excluding carboxylic acids is 3. The predicted molar refractivity (Wildman–Crippen MR) is 138 cm³/mol. The second-order valence-corrected chi connectivity index (χ2v) is 9.25. The number of nitrogens with one attached hydrogen (secondary N) is 2. The molecular formula is C28H39N3O5. The van der Waals surface area contributed by atoms with Gasteiger partial charge in [-0.3, -0.25) is 9.59 Å². The average molecular weight is 498 g/mol. The predicted octanol–water partition coefficient (Wildman–Crippen LogP) is 3.74. The Kier molecular flexibility index (Phi) is 9.96. The van der Waals surface area contributed by atoms with Crippen LogP contribution >= 0.6 is 0 Å². The Morgan fingerprint density at radius 1 is 1.08 bits per heavy atom. The summed E-state index contributed by atoms with van der Waals surface area (Å²) in [5.41, 5.74) is 4.29. The number of ether oxygens (including phenoxy) is 2. The van der Waals surface area contributed by atoms with Crippen molar-refractivity contribution in [1.29, 1.82) is 0 Å². The van der Waals surface area contributed by atoms with Gasteiger partial charge in [0, 0.05) is 31.7 Å². The van der Waals surface area contributed by atoms with E-state index in [4.69, 9.17) is 9.47 Å². The summed E-state index contributed by atoms with van der Waals surface area (Å²) in [6.45, 7) is 10.2. The Bertz CT molecular complexity index is 1040. The van der Waals surface area contributed by atoms with Gasteiger partial charge in [-0.25, -0.2) is 4.79 Å². The summed E-state index contributed by atoms with van der Waals surface area (Å²) in [4.78, 5) is 42.8. The molecule has 0 unspecified atom stereocenters. The molecule has 36 heavy (non-hydrogen) atoms. The quantitative estimate of drug-likeness (QED) is 0.461. The third-order valence-corrected chi connectivity index (χ3v) is 6.75. The fourth-order valence-electron chi connectivity index (χ4n) is 4.77. The number of aryl methyl sites for hydroxylation is 1. The van der Waals surface area contributed by atoms with E-state index in [0.29, 0.717) is 51.4 Å². The van der Waals surface area contributed by atoms with Crippen LogP contribution in [0.5, 0.6) is 5.75 Å². The van der Waals surface area contributed by atoms with Crippen molar-refractivity contribution in [1.82, 2.24) is 15.2 Å². The Hall–Kier alpha value is -3.29. The highest BCUT2D eigenvalue weighted by atomic mass is 16.5. The summed E-state index contributed by atoms with van der Waals surface area (Å²) in [5.74, 6) is 0.338. The van der Waals surface area contributed by atoms with Gasteiger partial charge in [-0.05, 0) is 82.2 Å². The van der Waals surface area contributed by atoms with Gasteiger partial charge in [0.1, 0.15) is 11.4 Å². The Morgan fingerprint density at radius 3 is 2.53 bits per heavy atom. The van der Waals surface area contributed by atoms with Gasteiger partial charge >= 0.3 is 5.97 Å². The van der Waals surface area contributed by atoms with Crippen LogP contribution in [0.4, 0.5) is 0 Å². The largest absolute Gasteiger partial charge is 0.494 e. The van der Waals surface area contributed by atoms with Crippen LogP contribution in [0.25, 0.3) is 0 Å². The topological polar surface area (TPSA) is 101 Å². The van der Waals surface area contributed by atoms with Gasteiger partial charge in [0.15, 0.2) is 0 Å². The number of carbonyl (C=O) groups is 3. The molecule has 2 amide bonds. The number of H-pyrrole nitrogens is 1. The number of esters is 1. The van der Waals surface area contributed by atoms with E-state index in [0.717, 1.165) is 47.4 Å². The van der Waals surface area contributed by atoms with E-state index >= 15 is 0 Å². The first kappa shape index (κ1) is 27.3. The maximum atomic E-state index is 13.0. The van der Waals surface area contributed by atoms with Crippen molar-refractivity contribution in [2.75, 3.05) is 32.8 Å². The molecule has 1 aliphatic heterocycles. The molecule has 0 spiro atoms. The highest BCUT2D eigenvalue weighted by Crippen LogP contribution is 2.22. The van der Waals surface area contributed by atoms with E-state index in [1.54, 1.807) is 6.92 Å². The molecule has 1 aromatic carbocycles. The van der Waals surface area contributed by atoms with E-state index in [9.17, 15) is 14.4 Å². The fraction of sp³-hybridized carbons (Fsp3) is 0.536. The fourth-order valence-corrected chi connectivity index (χ4v) is 4.77. The number of aromatic nitrogens is 1. The normalized spacial score (nSPS) is 15.4. The number of likely N-dealkylation sites (tertiary alicyclic amines) is 1. The number of nitrogens with zero attached hydrogens (tertiary/aromatic N) is 1. The smallest absolute Gasteiger partial charge is 0.355 e. The van der Waals surface area contributed by atoms with Crippen LogP contribution in [0, 0.1) is 19.8 Å². The van der Waals surface area contributed by atoms with Crippen molar-refractivity contribution < 1.29 is 23.9 Å². The minimum Gasteiger partial charge on any atom is -0.494 e. The van der Waals surface area contributed by atoms with Gasteiger partial charge in [0.2, 0.25) is 11.8 Å². The van der Waals surface area contributed by atoms with Gasteiger partial charge in [-0.2, -0.15) is 0 Å². The number of hydrogen-bond acceptors (Lipinski definition) is 5. The van der Waals surface area contributed by atoms with Crippen LogP contribution in [-0.4, -0.2) is 60.5 Å². The van der Waals surface area contributed by atoms with E-state index in [1.807, 2.05) is 49.9 Å². The van der Waals surface area contributed by atoms with Crippen molar-refractivity contribution >= 4 is 17.8 Å². The van der Waals surface area contributed by atoms with Gasteiger partial charge in [-0.1, -0.05) is 12.1 Å². The first-order chi connectivity index (χ1) is 17.3. The van der Waals surface area contributed by atoms with Crippen LogP contribution < -0.4 is 10.1 Å². The van der Waals surface area contributed by atoms with Crippen LogP contribution in [-0.2, 0) is 27.2 Å². The average Bonchev–Trinajstić information content (AvgIpc) is 3.17. The number of rotatable bonds is 11. The molecule has 1 aliphatic rings. The molecule has 1 aromatic heterocycles. The number of amides is 2. The van der Waals surface area contributed by atoms with Crippen molar-refractivity contribution in [2.24, 2.45) is 5.92 Å². The molecule has 0 radical (unpaired) electrons. The lowest BCUT2D eigenvalue weighted by molar-refractivity contribution is -0.135. The van der Waals surface area contributed by atoms with Crippen molar-refractivity contribution in [3.8, 4) is 5.75 Å². The summed E-state index contributed by atoms with van der Waals surface area (Å²) in [5, 5.41) is 3.04. The molecule has 8 nitrogen and oxygen atoms in total. The van der Waals surface area contributed by atoms with Crippen LogP contribution in [0.15, 0.2) is 24.3 Å². The minimum atomic E-state index is -0.372. The highest BCUT2D eigenvalue weighted by molar-refractivity contribution is 5.90. The maximum absolute atomic E-state index is 13.0. The molecule has 0 aliphatic carbocycles. The van der Waals surface area contributed by atoms with Crippen molar-refractivity contribution in [3.05, 3.63) is 52.3 Å². The van der Waals surface area contributed by atoms with E-state index in [2.05, 4.69) is 10.3 Å². The summed E-state index contributed by atoms with van der Waals surface area (Å²) in [6.07, 6.45) is 3.24. The summed E-state index contributed by atoms with van der Waals surface area (Å²) >= 11 is 0. The Morgan fingerprint density at radius 2 is 1.83 bits per heavy atom. The molecule has 0 bridgehead atoms. The van der Waals surface area contributed by atoms with E-state index < -0.39 is 0 Å². The maximum Gasteiger partial charge on any atom is 0.355 e. The summed E-state index contributed by atoms with van der Waals surface area (Å²) < 4.78 is 10.6. The molecule has 2 N–H and O–H groups in total. The second kappa shape index (κ2) is 13.1. The monoisotopic (exact) mass is 497 g/mol. The van der Waals surface area contributed by atoms with Crippen molar-refractivity contribution in [3.63, 3.8) is 0 Å². The second-order valence-electron chi connectivity index (χ2n) is 9.25. The number of benzene rings is 1. The van der Waals surface area contributed by atoms with Gasteiger partial charge in [0.05, 0.1) is 19.1 Å². The zero-order valence-corrected chi connectivity index (χ0v) is 21.9. The summed E-state index contributed by atoms with van der Waals surface area (Å²) in [6, 6.07) is 7.92. The third kappa shape index (κ3) is 7.12. The van der Waals surface area contributed by atoms with Gasteiger partial charge in [-0.15, -0.1) is 0 Å². The Labute approximate surface area is 213 Å². The van der Waals surface area contributed by atoms with E-state index in [-0.39, 0.29) is 23.7 Å². The zero-order chi connectivity index (χ0) is 26.1. The standard InChI is InChI=1S/C28H39N3O5/c1-5-35-23-11-9-21(10-12-23)15-16-29-27(33)22-8-7-17-31(18-22)25(32)14-13-24-19(3)26(30-20(24)4)28(34)36-6-2/h9-12,22,30H,5-8,13-18H2,1-4H3,(H,29,33)/t22-/m0/s1. The molecule has 196 valence electrons. The zero-order valence-electron chi connectivity index (χ0n) is 21.9. The third-order valence-electron chi connectivity index (χ3n) is 6.75. The SMILES string of the molecule is CCOC(=O)c1[nH]c(C)c(CCC(=O)N2CCC[C@H](C(=O)NCCc3ccc(OCC)cc3)C2)c1C. The first-order valence-electron chi connectivity index (χ1n) is 13.0. The first-order valence-corrected chi connectivity index (χ1v) is 13.0. The lowest BCUT2D eigenvalue weighted by Crippen LogP contribution is -2.45.